The lowest BCUT2D eigenvalue weighted by molar-refractivity contribution is -0.137. The van der Waals surface area contributed by atoms with Crippen LogP contribution in [0.1, 0.15) is 21.9 Å². The molecular formula is C24H15F3N6O3. The minimum absolute atomic E-state index is 0.0320. The number of hydrogen-bond acceptors (Lipinski definition) is 6. The number of carboxylic acids is 1. The highest BCUT2D eigenvalue weighted by molar-refractivity contribution is 5.91. The molecule has 4 heterocycles. The zero-order valence-electron chi connectivity index (χ0n) is 18.2. The topological polar surface area (TPSA) is 116 Å². The van der Waals surface area contributed by atoms with Gasteiger partial charge in [0.05, 0.1) is 23.5 Å². The molecule has 0 radical (unpaired) electrons. The molecule has 0 atom stereocenters. The Morgan fingerprint density at radius 1 is 1.00 bits per heavy atom. The monoisotopic (exact) mass is 492 g/mol. The first-order valence-electron chi connectivity index (χ1n) is 10.5. The Morgan fingerprint density at radius 3 is 2.47 bits per heavy atom. The van der Waals surface area contributed by atoms with Gasteiger partial charge in [-0.3, -0.25) is 4.79 Å². The van der Waals surface area contributed by atoms with Gasteiger partial charge in [-0.05, 0) is 48.5 Å². The van der Waals surface area contributed by atoms with Crippen molar-refractivity contribution in [2.24, 2.45) is 0 Å². The van der Waals surface area contributed by atoms with Crippen LogP contribution >= 0.6 is 0 Å². The number of nitrogens with zero attached hydrogens (tertiary/aromatic N) is 6. The van der Waals surface area contributed by atoms with Crippen LogP contribution in [0, 0.1) is 0 Å². The van der Waals surface area contributed by atoms with Crippen molar-refractivity contribution in [3.05, 3.63) is 101 Å². The average molecular weight is 492 g/mol. The number of carbonyl (C=O) groups is 1. The second-order valence-corrected chi connectivity index (χ2v) is 7.74. The molecular weight excluding hydrogens is 477 g/mol. The Morgan fingerprint density at radius 2 is 1.78 bits per heavy atom. The number of aromatic nitrogens is 6. The van der Waals surface area contributed by atoms with Gasteiger partial charge >= 0.3 is 12.1 Å². The summed E-state index contributed by atoms with van der Waals surface area (Å²) in [7, 11) is 0. The van der Waals surface area contributed by atoms with Crippen molar-refractivity contribution in [1.82, 2.24) is 29.3 Å². The largest absolute Gasteiger partial charge is 0.475 e. The molecule has 0 saturated heterocycles. The molecule has 0 amide bonds. The van der Waals surface area contributed by atoms with Crippen molar-refractivity contribution in [1.29, 1.82) is 0 Å². The van der Waals surface area contributed by atoms with Gasteiger partial charge < -0.3 is 9.67 Å². The summed E-state index contributed by atoms with van der Waals surface area (Å²) >= 11 is 0. The molecule has 0 spiro atoms. The van der Waals surface area contributed by atoms with E-state index in [9.17, 15) is 22.8 Å². The van der Waals surface area contributed by atoms with Crippen molar-refractivity contribution in [3.63, 3.8) is 0 Å². The Labute approximate surface area is 200 Å². The van der Waals surface area contributed by atoms with Crippen LogP contribution in [0.2, 0.25) is 0 Å². The smallest absolute Gasteiger partial charge is 0.416 e. The van der Waals surface area contributed by atoms with Gasteiger partial charge in [0.15, 0.2) is 5.65 Å². The molecule has 5 aromatic rings. The first-order chi connectivity index (χ1) is 17.2. The molecule has 0 aliphatic heterocycles. The van der Waals surface area contributed by atoms with Gasteiger partial charge in [0.2, 0.25) is 5.82 Å². The molecule has 1 aromatic carbocycles. The second kappa shape index (κ2) is 8.73. The number of aromatic carboxylic acids is 1. The van der Waals surface area contributed by atoms with Crippen molar-refractivity contribution in [2.45, 2.75) is 12.7 Å². The van der Waals surface area contributed by atoms with Crippen LogP contribution in [0.3, 0.4) is 0 Å². The van der Waals surface area contributed by atoms with E-state index >= 15 is 0 Å². The zero-order chi connectivity index (χ0) is 25.4. The first-order valence-corrected chi connectivity index (χ1v) is 10.5. The first kappa shape index (κ1) is 22.9. The lowest BCUT2D eigenvalue weighted by Crippen LogP contribution is -2.20. The highest BCUT2D eigenvalue weighted by Gasteiger charge is 2.30. The standard InChI is InChI=1S/C24H15F3N6O3/c25-24(26,27)15-3-5-17(6-4-15)33-22-18(2-1-9-29-22)20(31-33)14-8-11-32(19(34)12-14)13-16-7-10-28-21(30-16)23(35)36/h1-12H,13H2,(H,35,36). The number of alkyl halides is 3. The molecule has 0 aliphatic carbocycles. The number of carboxylic acid groups (broad SMARTS) is 1. The van der Waals surface area contributed by atoms with Gasteiger partial charge in [-0.2, -0.15) is 18.3 Å². The summed E-state index contributed by atoms with van der Waals surface area (Å²) in [6.07, 6.45) is -0.0870. The fraction of sp³-hybridized carbons (Fsp3) is 0.0833. The Kier molecular flexibility index (Phi) is 5.55. The fourth-order valence-corrected chi connectivity index (χ4v) is 3.68. The van der Waals surface area contributed by atoms with E-state index < -0.39 is 17.7 Å². The van der Waals surface area contributed by atoms with Gasteiger partial charge in [0.1, 0.15) is 5.69 Å². The van der Waals surface area contributed by atoms with Crippen LogP contribution < -0.4 is 5.56 Å². The summed E-state index contributed by atoms with van der Waals surface area (Å²) in [4.78, 5) is 35.8. The quantitative estimate of drug-likeness (QED) is 0.397. The van der Waals surface area contributed by atoms with Gasteiger partial charge in [0.25, 0.3) is 5.56 Å². The minimum Gasteiger partial charge on any atom is -0.475 e. The Bertz CT molecular complexity index is 1660. The van der Waals surface area contributed by atoms with Crippen molar-refractivity contribution in [3.8, 4) is 16.9 Å². The molecule has 0 bridgehead atoms. The SMILES string of the molecule is O=C(O)c1nccc(Cn2ccc(-c3nn(-c4ccc(C(F)(F)F)cc4)c4ncccc34)cc2=O)n1. The Hall–Kier alpha value is -4.87. The predicted molar refractivity (Wildman–Crippen MR) is 122 cm³/mol. The molecule has 0 unspecified atom stereocenters. The summed E-state index contributed by atoms with van der Waals surface area (Å²) in [6.45, 7) is 0.0320. The molecule has 1 N–H and O–H groups in total. The van der Waals surface area contributed by atoms with E-state index in [0.29, 0.717) is 33.7 Å². The molecule has 36 heavy (non-hydrogen) atoms. The third-order valence-electron chi connectivity index (χ3n) is 5.39. The van der Waals surface area contributed by atoms with E-state index in [-0.39, 0.29) is 17.9 Å². The van der Waals surface area contributed by atoms with Crippen LogP contribution in [0.25, 0.3) is 28.0 Å². The molecule has 0 saturated carbocycles. The maximum atomic E-state index is 13.0. The average Bonchev–Trinajstić information content (AvgIpc) is 3.25. The molecule has 9 nitrogen and oxygen atoms in total. The van der Waals surface area contributed by atoms with E-state index in [1.807, 2.05) is 0 Å². The molecule has 12 heteroatoms. The summed E-state index contributed by atoms with van der Waals surface area (Å²) in [5.41, 5.74) is 0.885. The van der Waals surface area contributed by atoms with Crippen LogP contribution in [0.15, 0.2) is 78.0 Å². The Balaban J connectivity index is 1.52. The van der Waals surface area contributed by atoms with Crippen molar-refractivity contribution in [2.75, 3.05) is 0 Å². The van der Waals surface area contributed by atoms with E-state index in [1.165, 1.54) is 45.9 Å². The second-order valence-electron chi connectivity index (χ2n) is 7.74. The van der Waals surface area contributed by atoms with Crippen molar-refractivity contribution < 1.29 is 23.1 Å². The summed E-state index contributed by atoms with van der Waals surface area (Å²) in [5, 5.41) is 14.2. The maximum Gasteiger partial charge on any atom is 0.416 e. The van der Waals surface area contributed by atoms with E-state index in [1.54, 1.807) is 24.4 Å². The maximum absolute atomic E-state index is 13.0. The third kappa shape index (κ3) is 4.31. The van der Waals surface area contributed by atoms with Gasteiger partial charge in [-0.1, -0.05) is 0 Å². The van der Waals surface area contributed by atoms with Crippen LogP contribution in [0.4, 0.5) is 13.2 Å². The van der Waals surface area contributed by atoms with E-state index in [2.05, 4.69) is 20.1 Å². The molecule has 0 aliphatic rings. The van der Waals surface area contributed by atoms with E-state index in [0.717, 1.165) is 12.1 Å². The van der Waals surface area contributed by atoms with Crippen LogP contribution in [0.5, 0.6) is 0 Å². The minimum atomic E-state index is -4.46. The van der Waals surface area contributed by atoms with Crippen LogP contribution in [-0.2, 0) is 12.7 Å². The summed E-state index contributed by atoms with van der Waals surface area (Å²) < 4.78 is 41.7. The van der Waals surface area contributed by atoms with Gasteiger partial charge in [0, 0.05) is 35.6 Å². The predicted octanol–water partition coefficient (Wildman–Crippen LogP) is 3.80. The number of halogens is 3. The molecule has 180 valence electrons. The number of benzene rings is 1. The third-order valence-corrected chi connectivity index (χ3v) is 5.39. The highest BCUT2D eigenvalue weighted by atomic mass is 19.4. The van der Waals surface area contributed by atoms with E-state index in [4.69, 9.17) is 5.11 Å². The number of rotatable bonds is 5. The normalized spacial score (nSPS) is 11.6. The molecule has 5 rings (SSSR count). The summed E-state index contributed by atoms with van der Waals surface area (Å²) in [6, 6.07) is 12.5. The highest BCUT2D eigenvalue weighted by Crippen LogP contribution is 2.31. The van der Waals surface area contributed by atoms with Crippen molar-refractivity contribution >= 4 is 17.0 Å². The number of fused-ring (bicyclic) bond motifs is 1. The van der Waals surface area contributed by atoms with Gasteiger partial charge in [-0.15, -0.1) is 0 Å². The molecule has 0 fully saturated rings. The lowest BCUT2D eigenvalue weighted by atomic mass is 10.1. The van der Waals surface area contributed by atoms with Crippen LogP contribution in [-0.4, -0.2) is 40.4 Å². The number of pyridine rings is 2. The zero-order valence-corrected chi connectivity index (χ0v) is 18.2. The molecule has 4 aromatic heterocycles. The summed E-state index contributed by atoms with van der Waals surface area (Å²) in [5.74, 6) is -1.64. The van der Waals surface area contributed by atoms with Gasteiger partial charge in [-0.25, -0.2) is 24.4 Å². The number of hydrogen-bond donors (Lipinski definition) is 1. The lowest BCUT2D eigenvalue weighted by Gasteiger charge is -2.08. The fourth-order valence-electron chi connectivity index (χ4n) is 3.68.